The van der Waals surface area contributed by atoms with Gasteiger partial charge in [0.25, 0.3) is 0 Å². The predicted molar refractivity (Wildman–Crippen MR) is 92.0 cm³/mol. The molecule has 0 bridgehead atoms. The Labute approximate surface area is 134 Å². The van der Waals surface area contributed by atoms with Crippen molar-refractivity contribution in [2.24, 2.45) is 5.92 Å². The minimum Gasteiger partial charge on any atom is -0.317 e. The summed E-state index contributed by atoms with van der Waals surface area (Å²) in [5.41, 5.74) is 1.45. The number of nitrogens with zero attached hydrogens (tertiary/aromatic N) is 1. The zero-order valence-corrected chi connectivity index (χ0v) is 14.2. The number of hydrogen-bond donors (Lipinski definition) is 1. The summed E-state index contributed by atoms with van der Waals surface area (Å²) in [5.74, 6) is 0.884. The van der Waals surface area contributed by atoms with Crippen LogP contribution in [0.3, 0.4) is 0 Å². The molecule has 0 amide bonds. The van der Waals surface area contributed by atoms with Crippen LogP contribution >= 0.6 is 24.2 Å². The van der Waals surface area contributed by atoms with Gasteiger partial charge in [0, 0.05) is 11.4 Å². The van der Waals surface area contributed by atoms with Gasteiger partial charge in [-0.3, -0.25) is 4.90 Å². The Balaban J connectivity index is 0.00000200. The summed E-state index contributed by atoms with van der Waals surface area (Å²) in [6.07, 6.45) is 4.82. The minimum absolute atomic E-state index is 0. The second-order valence-corrected chi connectivity index (χ2v) is 6.25. The molecular formula is C16H27ClN2S. The van der Waals surface area contributed by atoms with E-state index in [4.69, 9.17) is 0 Å². The second-order valence-electron chi connectivity index (χ2n) is 5.38. The Morgan fingerprint density at radius 2 is 1.85 bits per heavy atom. The molecule has 1 aromatic rings. The molecule has 0 aromatic heterocycles. The van der Waals surface area contributed by atoms with E-state index in [0.29, 0.717) is 0 Å². The van der Waals surface area contributed by atoms with E-state index in [1.54, 1.807) is 0 Å². The molecule has 1 aliphatic rings. The standard InChI is InChI=1S/C16H26N2S.ClH/c1-3-17-12-14-8-10-18(11-9-14)13-15-4-6-16(19-2)7-5-15;/h4-7,14,17H,3,8-13H2,1-2H3;1H. The van der Waals surface area contributed by atoms with Crippen LogP contribution in [-0.4, -0.2) is 37.3 Å². The van der Waals surface area contributed by atoms with Gasteiger partial charge >= 0.3 is 0 Å². The highest BCUT2D eigenvalue weighted by Crippen LogP contribution is 2.20. The number of benzene rings is 1. The van der Waals surface area contributed by atoms with Crippen LogP contribution in [0.5, 0.6) is 0 Å². The number of piperidine rings is 1. The molecule has 0 unspecified atom stereocenters. The van der Waals surface area contributed by atoms with E-state index >= 15 is 0 Å². The summed E-state index contributed by atoms with van der Waals surface area (Å²) < 4.78 is 0. The van der Waals surface area contributed by atoms with Gasteiger partial charge < -0.3 is 5.32 Å². The van der Waals surface area contributed by atoms with Crippen LogP contribution < -0.4 is 5.32 Å². The van der Waals surface area contributed by atoms with Gasteiger partial charge in [-0.05, 0) is 68.9 Å². The largest absolute Gasteiger partial charge is 0.317 e. The number of halogens is 1. The van der Waals surface area contributed by atoms with Crippen LogP contribution in [0, 0.1) is 5.92 Å². The molecule has 0 atom stereocenters. The first-order valence-corrected chi connectivity index (χ1v) is 8.60. The molecule has 1 heterocycles. The molecule has 4 heteroatoms. The summed E-state index contributed by atoms with van der Waals surface area (Å²) in [6, 6.07) is 9.02. The van der Waals surface area contributed by atoms with E-state index in [2.05, 4.69) is 47.7 Å². The molecule has 1 fully saturated rings. The van der Waals surface area contributed by atoms with Gasteiger partial charge in [0.2, 0.25) is 0 Å². The van der Waals surface area contributed by atoms with Crippen LogP contribution in [0.2, 0.25) is 0 Å². The SMILES string of the molecule is CCNCC1CCN(Cc2ccc(SC)cc2)CC1.Cl. The molecule has 1 aliphatic heterocycles. The number of likely N-dealkylation sites (tertiary alicyclic amines) is 1. The molecular weight excluding hydrogens is 288 g/mol. The maximum absolute atomic E-state index is 3.47. The van der Waals surface area contributed by atoms with Gasteiger partial charge in [-0.25, -0.2) is 0 Å². The first-order valence-electron chi connectivity index (χ1n) is 7.37. The number of rotatable bonds is 6. The average Bonchev–Trinajstić information content (AvgIpc) is 2.47. The third-order valence-corrected chi connectivity index (χ3v) is 4.70. The average molecular weight is 315 g/mol. The molecule has 0 spiro atoms. The van der Waals surface area contributed by atoms with E-state index in [-0.39, 0.29) is 12.4 Å². The van der Waals surface area contributed by atoms with Crippen LogP contribution in [0.25, 0.3) is 0 Å². The molecule has 0 radical (unpaired) electrons. The monoisotopic (exact) mass is 314 g/mol. The third kappa shape index (κ3) is 5.65. The van der Waals surface area contributed by atoms with Gasteiger partial charge in [0.05, 0.1) is 0 Å². The fourth-order valence-electron chi connectivity index (χ4n) is 2.69. The lowest BCUT2D eigenvalue weighted by molar-refractivity contribution is 0.176. The van der Waals surface area contributed by atoms with E-state index < -0.39 is 0 Å². The number of thioether (sulfide) groups is 1. The van der Waals surface area contributed by atoms with Crippen molar-refractivity contribution < 1.29 is 0 Å². The van der Waals surface area contributed by atoms with Crippen LogP contribution in [0.15, 0.2) is 29.2 Å². The second kappa shape index (κ2) is 9.67. The van der Waals surface area contributed by atoms with Crippen molar-refractivity contribution in [1.82, 2.24) is 10.2 Å². The van der Waals surface area contributed by atoms with Crippen LogP contribution in [0.1, 0.15) is 25.3 Å². The van der Waals surface area contributed by atoms with Crippen molar-refractivity contribution >= 4 is 24.2 Å². The smallest absolute Gasteiger partial charge is 0.0233 e. The molecule has 0 aliphatic carbocycles. The summed E-state index contributed by atoms with van der Waals surface area (Å²) in [6.45, 7) is 8.10. The predicted octanol–water partition coefficient (Wildman–Crippen LogP) is 3.65. The van der Waals surface area contributed by atoms with Gasteiger partial charge in [-0.15, -0.1) is 24.2 Å². The summed E-state index contributed by atoms with van der Waals surface area (Å²) in [5, 5.41) is 3.47. The highest BCUT2D eigenvalue weighted by molar-refractivity contribution is 7.98. The van der Waals surface area contributed by atoms with Crippen LogP contribution in [0.4, 0.5) is 0 Å². The molecule has 20 heavy (non-hydrogen) atoms. The highest BCUT2D eigenvalue weighted by Gasteiger charge is 2.18. The lowest BCUT2D eigenvalue weighted by atomic mass is 9.96. The fourth-order valence-corrected chi connectivity index (χ4v) is 3.09. The van der Waals surface area contributed by atoms with Gasteiger partial charge in [-0.1, -0.05) is 19.1 Å². The van der Waals surface area contributed by atoms with Gasteiger partial charge in [0.1, 0.15) is 0 Å². The van der Waals surface area contributed by atoms with Crippen molar-refractivity contribution in [1.29, 1.82) is 0 Å². The Morgan fingerprint density at radius 1 is 1.20 bits per heavy atom. The molecule has 1 N–H and O–H groups in total. The summed E-state index contributed by atoms with van der Waals surface area (Å²) >= 11 is 1.81. The minimum atomic E-state index is 0. The lowest BCUT2D eigenvalue weighted by Crippen LogP contribution is -2.36. The van der Waals surface area contributed by atoms with Gasteiger partial charge in [-0.2, -0.15) is 0 Å². The molecule has 2 rings (SSSR count). The maximum atomic E-state index is 3.47. The fraction of sp³-hybridized carbons (Fsp3) is 0.625. The third-order valence-electron chi connectivity index (χ3n) is 3.96. The summed E-state index contributed by atoms with van der Waals surface area (Å²) in [4.78, 5) is 3.95. The molecule has 1 saturated heterocycles. The Bertz CT molecular complexity index is 361. The number of hydrogen-bond acceptors (Lipinski definition) is 3. The van der Waals surface area contributed by atoms with E-state index in [0.717, 1.165) is 19.0 Å². The van der Waals surface area contributed by atoms with Crippen molar-refractivity contribution in [3.63, 3.8) is 0 Å². The molecule has 2 nitrogen and oxygen atoms in total. The highest BCUT2D eigenvalue weighted by atomic mass is 35.5. The van der Waals surface area contributed by atoms with Crippen molar-refractivity contribution in [2.75, 3.05) is 32.4 Å². The van der Waals surface area contributed by atoms with E-state index in [9.17, 15) is 0 Å². The zero-order chi connectivity index (χ0) is 13.5. The van der Waals surface area contributed by atoms with Crippen molar-refractivity contribution in [2.45, 2.75) is 31.2 Å². The van der Waals surface area contributed by atoms with Gasteiger partial charge in [0.15, 0.2) is 0 Å². The quantitative estimate of drug-likeness (QED) is 0.807. The normalized spacial score (nSPS) is 16.9. The molecule has 0 saturated carbocycles. The van der Waals surface area contributed by atoms with Crippen LogP contribution in [-0.2, 0) is 6.54 Å². The Morgan fingerprint density at radius 3 is 2.40 bits per heavy atom. The first kappa shape index (κ1) is 17.8. The lowest BCUT2D eigenvalue weighted by Gasteiger charge is -2.32. The Kier molecular flexibility index (Phi) is 8.62. The van der Waals surface area contributed by atoms with Crippen molar-refractivity contribution in [3.05, 3.63) is 29.8 Å². The maximum Gasteiger partial charge on any atom is 0.0233 e. The Hall–Kier alpha value is -0.220. The topological polar surface area (TPSA) is 15.3 Å². The van der Waals surface area contributed by atoms with Crippen molar-refractivity contribution in [3.8, 4) is 0 Å². The van der Waals surface area contributed by atoms with E-state index in [1.165, 1.54) is 42.9 Å². The number of nitrogens with one attached hydrogen (secondary N) is 1. The molecule has 114 valence electrons. The summed E-state index contributed by atoms with van der Waals surface area (Å²) in [7, 11) is 0. The molecule has 1 aromatic carbocycles. The zero-order valence-electron chi connectivity index (χ0n) is 12.6. The van der Waals surface area contributed by atoms with E-state index in [1.807, 2.05) is 11.8 Å². The first-order chi connectivity index (χ1) is 9.31.